The Labute approximate surface area is 93.7 Å². The molecule has 1 heterocycles. The number of rotatable bonds is 2. The molecule has 0 saturated carbocycles. The predicted octanol–water partition coefficient (Wildman–Crippen LogP) is 1.05. The Hall–Kier alpha value is -0.690. The van der Waals surface area contributed by atoms with E-state index in [-0.39, 0.29) is 0 Å². The number of carbonyl (C=O) groups is 1. The standard InChI is InChI=1S/C7H9BrN2O3S/c1-7(2,5(11)12)10-3(8)4(14)9-6(10)13/h14H,1-2H3,(H,9,13)(H,11,12). The Kier molecular flexibility index (Phi) is 2.82. The van der Waals surface area contributed by atoms with Crippen molar-refractivity contribution in [2.24, 2.45) is 0 Å². The monoisotopic (exact) mass is 280 g/mol. The summed E-state index contributed by atoms with van der Waals surface area (Å²) < 4.78 is 1.43. The maximum Gasteiger partial charge on any atom is 0.329 e. The van der Waals surface area contributed by atoms with Gasteiger partial charge in [-0.2, -0.15) is 0 Å². The second-order valence-electron chi connectivity index (χ2n) is 3.27. The molecule has 0 aromatic carbocycles. The van der Waals surface area contributed by atoms with Gasteiger partial charge in [-0.3, -0.25) is 9.55 Å². The summed E-state index contributed by atoms with van der Waals surface area (Å²) >= 11 is 7.07. The van der Waals surface area contributed by atoms with Gasteiger partial charge in [-0.05, 0) is 29.8 Å². The lowest BCUT2D eigenvalue weighted by Crippen LogP contribution is -2.41. The van der Waals surface area contributed by atoms with Crippen LogP contribution in [0.1, 0.15) is 13.8 Å². The van der Waals surface area contributed by atoms with Gasteiger partial charge in [-0.15, -0.1) is 12.6 Å². The van der Waals surface area contributed by atoms with E-state index < -0.39 is 17.2 Å². The van der Waals surface area contributed by atoms with Gasteiger partial charge in [0.1, 0.15) is 15.2 Å². The number of aliphatic carboxylic acids is 1. The van der Waals surface area contributed by atoms with Gasteiger partial charge in [0.15, 0.2) is 0 Å². The van der Waals surface area contributed by atoms with Crippen LogP contribution in [0.15, 0.2) is 14.4 Å². The summed E-state index contributed by atoms with van der Waals surface area (Å²) in [5, 5.41) is 9.24. The molecule has 0 atom stereocenters. The molecule has 1 aromatic rings. The topological polar surface area (TPSA) is 75.1 Å². The van der Waals surface area contributed by atoms with E-state index in [0.29, 0.717) is 9.63 Å². The van der Waals surface area contributed by atoms with Crippen LogP contribution in [0.3, 0.4) is 0 Å². The smallest absolute Gasteiger partial charge is 0.329 e. The normalized spacial score (nSPS) is 11.7. The molecule has 14 heavy (non-hydrogen) atoms. The van der Waals surface area contributed by atoms with Crippen molar-refractivity contribution < 1.29 is 9.90 Å². The molecule has 0 aliphatic heterocycles. The number of imidazole rings is 1. The minimum absolute atomic E-state index is 0.310. The molecule has 0 radical (unpaired) electrons. The van der Waals surface area contributed by atoms with E-state index in [1.807, 2.05) is 0 Å². The molecule has 0 amide bonds. The number of nitrogens with one attached hydrogen (secondary N) is 1. The summed E-state index contributed by atoms with van der Waals surface area (Å²) in [6.45, 7) is 2.87. The van der Waals surface area contributed by atoms with Crippen LogP contribution in [0.4, 0.5) is 0 Å². The average molecular weight is 281 g/mol. The molecule has 2 N–H and O–H groups in total. The summed E-state index contributed by atoms with van der Waals surface area (Å²) in [5.41, 5.74) is -1.82. The van der Waals surface area contributed by atoms with Crippen LogP contribution in [0.25, 0.3) is 0 Å². The molecule has 0 aliphatic rings. The fourth-order valence-corrected chi connectivity index (χ4v) is 1.90. The molecule has 78 valence electrons. The minimum Gasteiger partial charge on any atom is -0.480 e. The number of nitrogens with zero attached hydrogens (tertiary/aromatic N) is 1. The number of carboxylic acids is 1. The highest BCUT2D eigenvalue weighted by molar-refractivity contribution is 9.10. The number of thiol groups is 1. The van der Waals surface area contributed by atoms with Crippen molar-refractivity contribution in [2.45, 2.75) is 24.4 Å². The van der Waals surface area contributed by atoms with Gasteiger partial charge >= 0.3 is 11.7 Å². The highest BCUT2D eigenvalue weighted by Crippen LogP contribution is 2.23. The van der Waals surface area contributed by atoms with Gasteiger partial charge in [0.25, 0.3) is 0 Å². The van der Waals surface area contributed by atoms with E-state index in [0.717, 1.165) is 4.57 Å². The fourth-order valence-electron chi connectivity index (χ4n) is 0.999. The van der Waals surface area contributed by atoms with E-state index in [9.17, 15) is 9.59 Å². The second-order valence-corrected chi connectivity index (χ2v) is 4.47. The lowest BCUT2D eigenvalue weighted by molar-refractivity contribution is -0.145. The average Bonchev–Trinajstić information content (AvgIpc) is 2.26. The number of aromatic nitrogens is 2. The lowest BCUT2D eigenvalue weighted by atomic mass is 10.1. The number of hydrogen-bond donors (Lipinski definition) is 3. The Morgan fingerprint density at radius 3 is 2.43 bits per heavy atom. The largest absolute Gasteiger partial charge is 0.480 e. The first-order valence-corrected chi connectivity index (χ1v) is 4.96. The molecular weight excluding hydrogens is 272 g/mol. The van der Waals surface area contributed by atoms with Gasteiger partial charge in [0.05, 0.1) is 0 Å². The Morgan fingerprint density at radius 1 is 1.64 bits per heavy atom. The third-order valence-electron chi connectivity index (χ3n) is 1.90. The van der Waals surface area contributed by atoms with Crippen molar-refractivity contribution in [1.29, 1.82) is 0 Å². The Bertz CT molecular complexity index is 435. The molecule has 0 aliphatic carbocycles. The summed E-state index contributed by atoms with van der Waals surface area (Å²) in [6.07, 6.45) is 0. The summed E-state index contributed by atoms with van der Waals surface area (Å²) in [4.78, 5) is 24.7. The van der Waals surface area contributed by atoms with Crippen molar-refractivity contribution in [2.75, 3.05) is 0 Å². The minimum atomic E-state index is -1.31. The van der Waals surface area contributed by atoms with Crippen LogP contribution in [0.2, 0.25) is 0 Å². The molecule has 0 bridgehead atoms. The maximum atomic E-state index is 11.4. The van der Waals surface area contributed by atoms with Crippen molar-refractivity contribution >= 4 is 34.5 Å². The highest BCUT2D eigenvalue weighted by Gasteiger charge is 2.33. The zero-order valence-electron chi connectivity index (χ0n) is 7.54. The zero-order valence-corrected chi connectivity index (χ0v) is 10.0. The second kappa shape index (κ2) is 3.47. The van der Waals surface area contributed by atoms with Crippen LogP contribution >= 0.6 is 28.6 Å². The first kappa shape index (κ1) is 11.4. The van der Waals surface area contributed by atoms with E-state index >= 15 is 0 Å². The van der Waals surface area contributed by atoms with Crippen LogP contribution in [-0.2, 0) is 10.3 Å². The number of carboxylic acid groups (broad SMARTS) is 1. The molecule has 1 rings (SSSR count). The third kappa shape index (κ3) is 1.61. The molecular formula is C7H9BrN2O3S. The van der Waals surface area contributed by atoms with Crippen LogP contribution in [-0.4, -0.2) is 20.6 Å². The van der Waals surface area contributed by atoms with Gasteiger partial charge < -0.3 is 5.11 Å². The highest BCUT2D eigenvalue weighted by atomic mass is 79.9. The van der Waals surface area contributed by atoms with Crippen LogP contribution in [0, 0.1) is 0 Å². The predicted molar refractivity (Wildman–Crippen MR) is 57.0 cm³/mol. The van der Waals surface area contributed by atoms with E-state index in [2.05, 4.69) is 33.5 Å². The van der Waals surface area contributed by atoms with Crippen LogP contribution in [0.5, 0.6) is 0 Å². The first-order valence-electron chi connectivity index (χ1n) is 3.72. The first-order chi connectivity index (χ1) is 6.28. The molecule has 0 spiro atoms. The van der Waals surface area contributed by atoms with Crippen molar-refractivity contribution in [3.05, 3.63) is 15.1 Å². The molecule has 0 saturated heterocycles. The summed E-state index contributed by atoms with van der Waals surface area (Å²) in [6, 6.07) is 0. The van der Waals surface area contributed by atoms with Gasteiger partial charge in [-0.1, -0.05) is 0 Å². The number of hydrogen-bond acceptors (Lipinski definition) is 3. The van der Waals surface area contributed by atoms with E-state index in [1.54, 1.807) is 0 Å². The van der Waals surface area contributed by atoms with E-state index in [4.69, 9.17) is 5.11 Å². The van der Waals surface area contributed by atoms with Gasteiger partial charge in [0, 0.05) is 0 Å². The summed E-state index contributed by atoms with van der Waals surface area (Å²) in [5.74, 6) is -1.09. The Balaban J connectivity index is 3.47. The number of halogens is 1. The zero-order chi connectivity index (χ0) is 11.1. The SMILES string of the molecule is CC(C)(C(=O)O)n1c(Br)c(S)[nH]c1=O. The molecule has 0 unspecified atom stereocenters. The van der Waals surface area contributed by atoms with E-state index in [1.165, 1.54) is 13.8 Å². The molecule has 5 nitrogen and oxygen atoms in total. The Morgan fingerprint density at radius 2 is 2.14 bits per heavy atom. The van der Waals surface area contributed by atoms with Crippen molar-refractivity contribution in [3.63, 3.8) is 0 Å². The molecule has 0 fully saturated rings. The maximum absolute atomic E-state index is 11.4. The van der Waals surface area contributed by atoms with Crippen LogP contribution < -0.4 is 5.69 Å². The fraction of sp³-hybridized carbons (Fsp3) is 0.429. The summed E-state index contributed by atoms with van der Waals surface area (Å²) in [7, 11) is 0. The quantitative estimate of drug-likeness (QED) is 0.709. The van der Waals surface area contributed by atoms with Crippen molar-refractivity contribution in [3.8, 4) is 0 Å². The van der Waals surface area contributed by atoms with Gasteiger partial charge in [-0.25, -0.2) is 9.59 Å². The number of H-pyrrole nitrogens is 1. The van der Waals surface area contributed by atoms with Crippen molar-refractivity contribution in [1.82, 2.24) is 9.55 Å². The van der Waals surface area contributed by atoms with Gasteiger partial charge in [0.2, 0.25) is 0 Å². The lowest BCUT2D eigenvalue weighted by Gasteiger charge is -2.20. The third-order valence-corrected chi connectivity index (χ3v) is 3.28. The number of aromatic amines is 1. The molecule has 1 aromatic heterocycles. The molecule has 7 heteroatoms.